The topological polar surface area (TPSA) is 89.0 Å². The molecule has 2 N–H and O–H groups in total. The third-order valence-electron chi connectivity index (χ3n) is 4.21. The number of carbonyl (C=O) groups excluding carboxylic acids is 2. The largest absolute Gasteiger partial charge is 0.494 e. The van der Waals surface area contributed by atoms with Crippen LogP contribution in [0.25, 0.3) is 0 Å². The first-order valence-corrected chi connectivity index (χ1v) is 10.3. The van der Waals surface area contributed by atoms with E-state index in [9.17, 15) is 9.59 Å². The SMILES string of the molecule is CCOc1ccc(NC(=O)C(=O)N/N=C/c2ccc(OCc3ccc(Cl)cc3)cc2)cc1. The number of nitrogens with zero attached hydrogens (tertiary/aromatic N) is 1. The molecular formula is C24H22ClN3O4. The molecule has 0 heterocycles. The molecule has 0 aliphatic heterocycles. The Morgan fingerprint density at radius 3 is 2.16 bits per heavy atom. The van der Waals surface area contributed by atoms with E-state index in [0.717, 1.165) is 11.1 Å². The highest BCUT2D eigenvalue weighted by molar-refractivity contribution is 6.39. The number of anilines is 1. The second-order valence-electron chi connectivity index (χ2n) is 6.59. The number of nitrogens with one attached hydrogen (secondary N) is 2. The standard InChI is InChI=1S/C24H22ClN3O4/c1-2-31-21-13-9-20(10-14-21)27-23(29)24(30)28-26-15-17-5-11-22(12-6-17)32-16-18-3-7-19(25)8-4-18/h3-15H,2,16H2,1H3,(H,27,29)(H,28,30)/b26-15+. The lowest BCUT2D eigenvalue weighted by Crippen LogP contribution is -2.32. The van der Waals surface area contributed by atoms with Gasteiger partial charge in [-0.3, -0.25) is 9.59 Å². The third-order valence-corrected chi connectivity index (χ3v) is 4.46. The third kappa shape index (κ3) is 7.14. The lowest BCUT2D eigenvalue weighted by atomic mass is 10.2. The molecule has 32 heavy (non-hydrogen) atoms. The Morgan fingerprint density at radius 1 is 0.875 bits per heavy atom. The Hall–Kier alpha value is -3.84. The number of halogens is 1. The summed E-state index contributed by atoms with van der Waals surface area (Å²) in [6, 6.07) is 21.3. The molecule has 0 aromatic heterocycles. The Labute approximate surface area is 191 Å². The molecule has 0 saturated carbocycles. The van der Waals surface area contributed by atoms with E-state index in [2.05, 4.69) is 15.8 Å². The molecule has 0 aliphatic carbocycles. The van der Waals surface area contributed by atoms with Crippen LogP contribution >= 0.6 is 11.6 Å². The number of carbonyl (C=O) groups is 2. The van der Waals surface area contributed by atoms with Gasteiger partial charge in [-0.15, -0.1) is 0 Å². The minimum Gasteiger partial charge on any atom is -0.494 e. The normalized spacial score (nSPS) is 10.6. The zero-order valence-corrected chi connectivity index (χ0v) is 18.1. The maximum atomic E-state index is 12.0. The predicted molar refractivity (Wildman–Crippen MR) is 124 cm³/mol. The van der Waals surface area contributed by atoms with Gasteiger partial charge in [0.2, 0.25) is 0 Å². The lowest BCUT2D eigenvalue weighted by Gasteiger charge is -2.07. The van der Waals surface area contributed by atoms with Crippen molar-refractivity contribution in [2.45, 2.75) is 13.5 Å². The minimum atomic E-state index is -0.877. The van der Waals surface area contributed by atoms with Gasteiger partial charge in [0.1, 0.15) is 18.1 Å². The summed E-state index contributed by atoms with van der Waals surface area (Å²) in [6.07, 6.45) is 1.44. The number of amides is 2. The molecule has 0 atom stereocenters. The molecule has 3 aromatic rings. The Bertz CT molecular complexity index is 1070. The van der Waals surface area contributed by atoms with E-state index < -0.39 is 11.8 Å². The lowest BCUT2D eigenvalue weighted by molar-refractivity contribution is -0.136. The number of benzene rings is 3. The zero-order chi connectivity index (χ0) is 22.8. The molecule has 164 valence electrons. The van der Waals surface area contributed by atoms with Gasteiger partial charge >= 0.3 is 11.8 Å². The number of hydrogen-bond donors (Lipinski definition) is 2. The molecule has 8 heteroatoms. The number of hydrazone groups is 1. The van der Waals surface area contributed by atoms with Crippen molar-refractivity contribution in [3.05, 3.63) is 88.9 Å². The number of rotatable bonds is 8. The van der Waals surface area contributed by atoms with Crippen molar-refractivity contribution in [2.24, 2.45) is 5.10 Å². The Balaban J connectivity index is 1.44. The van der Waals surface area contributed by atoms with Crippen molar-refractivity contribution in [3.8, 4) is 11.5 Å². The van der Waals surface area contributed by atoms with E-state index in [1.54, 1.807) is 48.5 Å². The van der Waals surface area contributed by atoms with Crippen LogP contribution in [0.1, 0.15) is 18.1 Å². The molecule has 0 fully saturated rings. The van der Waals surface area contributed by atoms with Gasteiger partial charge in [0.05, 0.1) is 12.8 Å². The summed E-state index contributed by atoms with van der Waals surface area (Å²) in [4.78, 5) is 23.9. The van der Waals surface area contributed by atoms with Gasteiger partial charge in [-0.2, -0.15) is 5.10 Å². The second-order valence-corrected chi connectivity index (χ2v) is 7.03. The van der Waals surface area contributed by atoms with Crippen LogP contribution in [-0.2, 0) is 16.2 Å². The van der Waals surface area contributed by atoms with Crippen molar-refractivity contribution >= 4 is 35.3 Å². The maximum absolute atomic E-state index is 12.0. The summed E-state index contributed by atoms with van der Waals surface area (Å²) >= 11 is 5.87. The van der Waals surface area contributed by atoms with E-state index in [0.29, 0.717) is 35.4 Å². The zero-order valence-electron chi connectivity index (χ0n) is 17.4. The smallest absolute Gasteiger partial charge is 0.329 e. The fourth-order valence-electron chi connectivity index (χ4n) is 2.60. The van der Waals surface area contributed by atoms with Crippen LogP contribution in [0.5, 0.6) is 11.5 Å². The van der Waals surface area contributed by atoms with Crippen molar-refractivity contribution in [3.63, 3.8) is 0 Å². The van der Waals surface area contributed by atoms with Crippen LogP contribution in [0.2, 0.25) is 5.02 Å². The highest BCUT2D eigenvalue weighted by Gasteiger charge is 2.12. The monoisotopic (exact) mass is 451 g/mol. The van der Waals surface area contributed by atoms with Crippen LogP contribution in [0.4, 0.5) is 5.69 Å². The molecule has 0 saturated heterocycles. The van der Waals surface area contributed by atoms with Gasteiger partial charge in [-0.05, 0) is 78.7 Å². The van der Waals surface area contributed by atoms with Crippen molar-refractivity contribution in [1.82, 2.24) is 5.43 Å². The molecule has 0 spiro atoms. The second kappa shape index (κ2) is 11.5. The molecule has 3 rings (SSSR count). The first-order chi connectivity index (χ1) is 15.5. The summed E-state index contributed by atoms with van der Waals surface area (Å²) in [5.74, 6) is -0.327. The van der Waals surface area contributed by atoms with Crippen molar-refractivity contribution in [2.75, 3.05) is 11.9 Å². The van der Waals surface area contributed by atoms with Gasteiger partial charge in [0.15, 0.2) is 0 Å². The van der Waals surface area contributed by atoms with Gasteiger partial charge in [-0.1, -0.05) is 23.7 Å². The molecule has 3 aromatic carbocycles. The first-order valence-electron chi connectivity index (χ1n) is 9.88. The average Bonchev–Trinajstić information content (AvgIpc) is 2.81. The predicted octanol–water partition coefficient (Wildman–Crippen LogP) is 4.41. The number of ether oxygens (including phenoxy) is 2. The molecular weight excluding hydrogens is 430 g/mol. The summed E-state index contributed by atoms with van der Waals surface area (Å²) < 4.78 is 11.1. The van der Waals surface area contributed by atoms with Crippen LogP contribution in [0.3, 0.4) is 0 Å². The van der Waals surface area contributed by atoms with Crippen LogP contribution in [0.15, 0.2) is 77.9 Å². The van der Waals surface area contributed by atoms with Crippen LogP contribution in [0, 0.1) is 0 Å². The summed E-state index contributed by atoms with van der Waals surface area (Å²) in [6.45, 7) is 2.85. The van der Waals surface area contributed by atoms with Gasteiger partial charge < -0.3 is 14.8 Å². The Morgan fingerprint density at radius 2 is 1.50 bits per heavy atom. The summed E-state index contributed by atoms with van der Waals surface area (Å²) in [7, 11) is 0. The van der Waals surface area contributed by atoms with Crippen LogP contribution < -0.4 is 20.2 Å². The number of hydrogen-bond acceptors (Lipinski definition) is 5. The average molecular weight is 452 g/mol. The van der Waals surface area contributed by atoms with E-state index >= 15 is 0 Å². The fraction of sp³-hybridized carbons (Fsp3) is 0.125. The van der Waals surface area contributed by atoms with E-state index in [1.165, 1.54) is 6.21 Å². The summed E-state index contributed by atoms with van der Waals surface area (Å²) in [5.41, 5.74) is 4.42. The van der Waals surface area contributed by atoms with E-state index in [1.807, 2.05) is 31.2 Å². The molecule has 0 unspecified atom stereocenters. The minimum absolute atomic E-state index is 0.421. The highest BCUT2D eigenvalue weighted by Crippen LogP contribution is 2.16. The maximum Gasteiger partial charge on any atom is 0.329 e. The first kappa shape index (κ1) is 22.8. The van der Waals surface area contributed by atoms with E-state index in [4.69, 9.17) is 21.1 Å². The van der Waals surface area contributed by atoms with Gasteiger partial charge in [0.25, 0.3) is 0 Å². The van der Waals surface area contributed by atoms with Crippen molar-refractivity contribution < 1.29 is 19.1 Å². The van der Waals surface area contributed by atoms with Crippen molar-refractivity contribution in [1.29, 1.82) is 0 Å². The fourth-order valence-corrected chi connectivity index (χ4v) is 2.73. The molecule has 0 bridgehead atoms. The summed E-state index contributed by atoms with van der Waals surface area (Å²) in [5, 5.41) is 6.99. The highest BCUT2D eigenvalue weighted by atomic mass is 35.5. The molecule has 0 radical (unpaired) electrons. The Kier molecular flexibility index (Phi) is 8.22. The van der Waals surface area contributed by atoms with E-state index in [-0.39, 0.29) is 0 Å². The molecule has 0 aliphatic rings. The molecule has 2 amide bonds. The molecule has 7 nitrogen and oxygen atoms in total. The quantitative estimate of drug-likeness (QED) is 0.301. The van der Waals surface area contributed by atoms with Gasteiger partial charge in [-0.25, -0.2) is 5.43 Å². The van der Waals surface area contributed by atoms with Crippen LogP contribution in [-0.4, -0.2) is 24.6 Å². The van der Waals surface area contributed by atoms with Gasteiger partial charge in [0, 0.05) is 10.7 Å².